The fourth-order valence-electron chi connectivity index (χ4n) is 2.42. The third-order valence-electron chi connectivity index (χ3n) is 3.61. The van der Waals surface area contributed by atoms with E-state index in [1.807, 2.05) is 19.1 Å². The maximum absolute atomic E-state index is 9.59. The minimum atomic E-state index is -0.257. The van der Waals surface area contributed by atoms with E-state index in [4.69, 9.17) is 16.0 Å². The van der Waals surface area contributed by atoms with Crippen molar-refractivity contribution in [1.29, 1.82) is 0 Å². The van der Waals surface area contributed by atoms with Gasteiger partial charge in [-0.25, -0.2) is 0 Å². The molecule has 1 saturated heterocycles. The molecule has 1 fully saturated rings. The number of benzene rings is 1. The number of nitrogens with zero attached hydrogens (tertiary/aromatic N) is 3. The highest BCUT2D eigenvalue weighted by molar-refractivity contribution is 6.30. The van der Waals surface area contributed by atoms with Crippen LogP contribution in [0.25, 0.3) is 11.5 Å². The normalized spacial score (nSPS) is 21.2. The van der Waals surface area contributed by atoms with Gasteiger partial charge in [-0.1, -0.05) is 17.7 Å². The molecule has 2 aromatic rings. The van der Waals surface area contributed by atoms with Crippen LogP contribution in [0.2, 0.25) is 5.02 Å². The molecule has 0 saturated carbocycles. The second-order valence-electron chi connectivity index (χ2n) is 5.07. The van der Waals surface area contributed by atoms with E-state index in [-0.39, 0.29) is 12.1 Å². The van der Waals surface area contributed by atoms with Gasteiger partial charge in [0.25, 0.3) is 0 Å². The molecule has 5 nitrogen and oxygen atoms in total. The molecule has 1 N–H and O–H groups in total. The maximum atomic E-state index is 9.59. The highest BCUT2D eigenvalue weighted by atomic mass is 35.5. The Balaban J connectivity index is 1.80. The molecule has 20 heavy (non-hydrogen) atoms. The zero-order chi connectivity index (χ0) is 14.1. The standard InChI is InChI=1S/C14H16ClN3O2/c1-9(18-6-5-12(19)8-18)13-16-17-14(20-13)10-3-2-4-11(15)7-10/h2-4,7,9,12,19H,5-6,8H2,1H3/t9?,12-/m0/s1. The molecule has 1 aliphatic heterocycles. The van der Waals surface area contributed by atoms with Gasteiger partial charge >= 0.3 is 0 Å². The third kappa shape index (κ3) is 2.70. The Bertz CT molecular complexity index is 602. The van der Waals surface area contributed by atoms with Crippen LogP contribution in [0.15, 0.2) is 28.7 Å². The zero-order valence-electron chi connectivity index (χ0n) is 11.2. The lowest BCUT2D eigenvalue weighted by Crippen LogP contribution is -2.25. The molecule has 1 unspecified atom stereocenters. The third-order valence-corrected chi connectivity index (χ3v) is 3.85. The van der Waals surface area contributed by atoms with Crippen LogP contribution in [0.1, 0.15) is 25.3 Å². The van der Waals surface area contributed by atoms with Gasteiger partial charge in [0, 0.05) is 23.7 Å². The summed E-state index contributed by atoms with van der Waals surface area (Å²) in [5, 5.41) is 18.4. The van der Waals surface area contributed by atoms with E-state index in [0.717, 1.165) is 18.5 Å². The van der Waals surface area contributed by atoms with Gasteiger partial charge in [-0.3, -0.25) is 4.90 Å². The monoisotopic (exact) mass is 293 g/mol. The van der Waals surface area contributed by atoms with Crippen LogP contribution in [0.3, 0.4) is 0 Å². The van der Waals surface area contributed by atoms with Crippen molar-refractivity contribution < 1.29 is 9.52 Å². The number of halogens is 1. The highest BCUT2D eigenvalue weighted by Crippen LogP contribution is 2.27. The van der Waals surface area contributed by atoms with E-state index in [9.17, 15) is 5.11 Å². The molecular weight excluding hydrogens is 278 g/mol. The summed E-state index contributed by atoms with van der Waals surface area (Å²) in [5.74, 6) is 1.03. The molecule has 1 aromatic heterocycles. The van der Waals surface area contributed by atoms with Crippen LogP contribution in [0, 0.1) is 0 Å². The summed E-state index contributed by atoms with van der Waals surface area (Å²) in [6, 6.07) is 7.34. The minimum Gasteiger partial charge on any atom is -0.419 e. The van der Waals surface area contributed by atoms with Gasteiger partial charge in [0.05, 0.1) is 12.1 Å². The summed E-state index contributed by atoms with van der Waals surface area (Å²) in [5.41, 5.74) is 0.810. The number of aromatic nitrogens is 2. The Morgan fingerprint density at radius 2 is 2.30 bits per heavy atom. The summed E-state index contributed by atoms with van der Waals surface area (Å²) < 4.78 is 5.73. The van der Waals surface area contributed by atoms with Gasteiger partial charge in [0.2, 0.25) is 11.8 Å². The van der Waals surface area contributed by atoms with Crippen molar-refractivity contribution in [3.8, 4) is 11.5 Å². The quantitative estimate of drug-likeness (QED) is 0.942. The summed E-state index contributed by atoms with van der Waals surface area (Å²) in [4.78, 5) is 2.14. The van der Waals surface area contributed by atoms with Crippen molar-refractivity contribution in [2.75, 3.05) is 13.1 Å². The van der Waals surface area contributed by atoms with Crippen LogP contribution in [0.5, 0.6) is 0 Å². The fraction of sp³-hybridized carbons (Fsp3) is 0.429. The van der Waals surface area contributed by atoms with Gasteiger partial charge < -0.3 is 9.52 Å². The van der Waals surface area contributed by atoms with Gasteiger partial charge in [0.1, 0.15) is 0 Å². The Labute approximate surface area is 122 Å². The first-order valence-corrected chi connectivity index (χ1v) is 7.03. The maximum Gasteiger partial charge on any atom is 0.247 e. The number of aliphatic hydroxyl groups is 1. The minimum absolute atomic E-state index is 0.00702. The van der Waals surface area contributed by atoms with E-state index in [1.165, 1.54) is 0 Å². The molecule has 2 atom stereocenters. The van der Waals surface area contributed by atoms with Crippen molar-refractivity contribution in [2.24, 2.45) is 0 Å². The van der Waals surface area contributed by atoms with Crippen LogP contribution in [-0.4, -0.2) is 39.4 Å². The van der Waals surface area contributed by atoms with Crippen LogP contribution < -0.4 is 0 Å². The molecule has 0 bridgehead atoms. The van der Waals surface area contributed by atoms with Crippen LogP contribution >= 0.6 is 11.6 Å². The first-order chi connectivity index (χ1) is 9.63. The molecule has 0 aliphatic carbocycles. The highest BCUT2D eigenvalue weighted by Gasteiger charge is 2.28. The summed E-state index contributed by atoms with van der Waals surface area (Å²) in [6.45, 7) is 3.50. The van der Waals surface area contributed by atoms with Gasteiger partial charge in [-0.2, -0.15) is 0 Å². The molecule has 0 spiro atoms. The summed E-state index contributed by atoms with van der Waals surface area (Å²) in [6.07, 6.45) is 0.535. The van der Waals surface area contributed by atoms with E-state index < -0.39 is 0 Å². The Morgan fingerprint density at radius 1 is 1.45 bits per heavy atom. The number of aliphatic hydroxyl groups excluding tert-OH is 1. The lowest BCUT2D eigenvalue weighted by Gasteiger charge is -2.20. The van der Waals surface area contributed by atoms with Gasteiger partial charge in [-0.05, 0) is 31.5 Å². The summed E-state index contributed by atoms with van der Waals surface area (Å²) >= 11 is 5.96. The predicted octanol–water partition coefficient (Wildman–Crippen LogP) is 2.52. The van der Waals surface area contributed by atoms with Crippen molar-refractivity contribution >= 4 is 11.6 Å². The first kappa shape index (κ1) is 13.5. The lowest BCUT2D eigenvalue weighted by molar-refractivity contribution is 0.155. The number of β-amino-alcohol motifs (C(OH)–C–C–N with tert-alkyl or cyclic N) is 1. The predicted molar refractivity (Wildman–Crippen MR) is 75.4 cm³/mol. The molecule has 2 heterocycles. The second-order valence-corrected chi connectivity index (χ2v) is 5.51. The largest absolute Gasteiger partial charge is 0.419 e. The van der Waals surface area contributed by atoms with Crippen molar-refractivity contribution in [3.05, 3.63) is 35.2 Å². The molecule has 3 rings (SSSR count). The average molecular weight is 294 g/mol. The van der Waals surface area contributed by atoms with Crippen molar-refractivity contribution in [1.82, 2.24) is 15.1 Å². The molecule has 1 aromatic carbocycles. The van der Waals surface area contributed by atoms with Crippen LogP contribution in [-0.2, 0) is 0 Å². The average Bonchev–Trinajstić information content (AvgIpc) is 3.07. The van der Waals surface area contributed by atoms with E-state index in [1.54, 1.807) is 12.1 Å². The topological polar surface area (TPSA) is 62.4 Å². The van der Waals surface area contributed by atoms with Crippen molar-refractivity contribution in [3.63, 3.8) is 0 Å². The smallest absolute Gasteiger partial charge is 0.247 e. The molecular formula is C14H16ClN3O2. The molecule has 1 aliphatic rings. The fourth-order valence-corrected chi connectivity index (χ4v) is 2.61. The molecule has 0 amide bonds. The van der Waals surface area contributed by atoms with Crippen molar-refractivity contribution in [2.45, 2.75) is 25.5 Å². The number of rotatable bonds is 3. The number of hydrogen-bond donors (Lipinski definition) is 1. The Morgan fingerprint density at radius 3 is 3.00 bits per heavy atom. The van der Waals surface area contributed by atoms with Gasteiger partial charge in [-0.15, -0.1) is 10.2 Å². The molecule has 106 valence electrons. The number of hydrogen-bond acceptors (Lipinski definition) is 5. The van der Waals surface area contributed by atoms with Crippen LogP contribution in [0.4, 0.5) is 0 Å². The summed E-state index contributed by atoms with van der Waals surface area (Å²) in [7, 11) is 0. The Kier molecular flexibility index (Phi) is 3.74. The number of likely N-dealkylation sites (tertiary alicyclic amines) is 1. The Hall–Kier alpha value is -1.43. The molecule has 0 radical (unpaired) electrons. The van der Waals surface area contributed by atoms with E-state index >= 15 is 0 Å². The molecule has 6 heteroatoms. The van der Waals surface area contributed by atoms with E-state index in [2.05, 4.69) is 15.1 Å². The second kappa shape index (κ2) is 5.52. The first-order valence-electron chi connectivity index (χ1n) is 6.65. The SMILES string of the molecule is CC(c1nnc(-c2cccc(Cl)c2)o1)N1CC[C@H](O)C1. The lowest BCUT2D eigenvalue weighted by atomic mass is 10.2. The zero-order valence-corrected chi connectivity index (χ0v) is 11.9. The van der Waals surface area contributed by atoms with Gasteiger partial charge in [0.15, 0.2) is 0 Å². The van der Waals surface area contributed by atoms with E-state index in [0.29, 0.717) is 23.3 Å².